The van der Waals surface area contributed by atoms with Crippen molar-refractivity contribution in [3.63, 3.8) is 0 Å². The van der Waals surface area contributed by atoms with Crippen molar-refractivity contribution in [2.75, 3.05) is 18.1 Å². The molecule has 1 aliphatic rings. The summed E-state index contributed by atoms with van der Waals surface area (Å²) in [5, 5.41) is 0. The van der Waals surface area contributed by atoms with Gasteiger partial charge in [-0.25, -0.2) is 4.98 Å². The lowest BCUT2D eigenvalue weighted by Crippen LogP contribution is -2.50. The molecule has 0 spiro atoms. The summed E-state index contributed by atoms with van der Waals surface area (Å²) in [5.41, 5.74) is 3.74. The summed E-state index contributed by atoms with van der Waals surface area (Å²) in [6.45, 7) is 6.68. The topological polar surface area (TPSA) is 64.4 Å². The van der Waals surface area contributed by atoms with E-state index < -0.39 is 17.9 Å². The number of amides is 1. The average molecular weight is 420 g/mol. The standard InChI is InChI=1S/C25H29N3O3/c1-4-6-9-16-27-23(29)21(24(30)31-5-2)22(18-14-12-17(3)13-15-18)28-20-11-8-7-10-19(20)26-25(27)28/h7-8,10-15,21-22H,4-6,9,16H2,1-3H3. The number of para-hydroxylation sites is 2. The zero-order valence-electron chi connectivity index (χ0n) is 18.4. The van der Waals surface area contributed by atoms with Gasteiger partial charge in [0.1, 0.15) is 0 Å². The lowest BCUT2D eigenvalue weighted by Gasteiger charge is -2.38. The predicted molar refractivity (Wildman–Crippen MR) is 121 cm³/mol. The number of aromatic nitrogens is 2. The van der Waals surface area contributed by atoms with E-state index in [0.717, 1.165) is 41.4 Å². The van der Waals surface area contributed by atoms with E-state index in [1.165, 1.54) is 0 Å². The molecule has 3 aromatic rings. The Labute approximate surface area is 182 Å². The maximum absolute atomic E-state index is 13.7. The average Bonchev–Trinajstić information content (AvgIpc) is 3.15. The molecule has 162 valence electrons. The third-order valence-electron chi connectivity index (χ3n) is 5.89. The SMILES string of the molecule is CCCCCN1C(=O)C(C(=O)OCC)C(c2ccc(C)cc2)n2c1nc1ccccc12. The Balaban J connectivity index is 1.93. The number of hydrogen-bond acceptors (Lipinski definition) is 4. The van der Waals surface area contributed by atoms with Gasteiger partial charge in [0.05, 0.1) is 23.7 Å². The predicted octanol–water partition coefficient (Wildman–Crippen LogP) is 4.65. The molecule has 1 amide bonds. The molecule has 1 aliphatic heterocycles. The van der Waals surface area contributed by atoms with Crippen molar-refractivity contribution in [1.29, 1.82) is 0 Å². The highest BCUT2D eigenvalue weighted by Gasteiger charge is 2.47. The Bertz CT molecular complexity index is 1090. The van der Waals surface area contributed by atoms with Gasteiger partial charge in [-0.15, -0.1) is 0 Å². The molecular weight excluding hydrogens is 390 g/mol. The minimum atomic E-state index is -0.950. The van der Waals surface area contributed by atoms with Crippen molar-refractivity contribution in [2.24, 2.45) is 5.92 Å². The van der Waals surface area contributed by atoms with E-state index in [1.54, 1.807) is 11.8 Å². The molecule has 2 aromatic carbocycles. The number of esters is 1. The molecule has 4 rings (SSSR count). The number of anilines is 1. The van der Waals surface area contributed by atoms with Gasteiger partial charge >= 0.3 is 5.97 Å². The van der Waals surface area contributed by atoms with Crippen LogP contribution < -0.4 is 4.90 Å². The van der Waals surface area contributed by atoms with Gasteiger partial charge in [0, 0.05) is 6.54 Å². The van der Waals surface area contributed by atoms with Gasteiger partial charge in [0.25, 0.3) is 0 Å². The van der Waals surface area contributed by atoms with Crippen LogP contribution in [0.25, 0.3) is 11.0 Å². The van der Waals surface area contributed by atoms with Crippen LogP contribution in [-0.4, -0.2) is 34.6 Å². The molecule has 2 unspecified atom stereocenters. The van der Waals surface area contributed by atoms with Crippen molar-refractivity contribution >= 4 is 28.9 Å². The van der Waals surface area contributed by atoms with E-state index in [1.807, 2.05) is 55.5 Å². The van der Waals surface area contributed by atoms with Crippen LogP contribution >= 0.6 is 0 Å². The molecule has 0 aliphatic carbocycles. The zero-order valence-corrected chi connectivity index (χ0v) is 18.4. The molecule has 0 saturated carbocycles. The molecule has 0 N–H and O–H groups in total. The fourth-order valence-electron chi connectivity index (χ4n) is 4.34. The van der Waals surface area contributed by atoms with Crippen molar-refractivity contribution in [3.8, 4) is 0 Å². The van der Waals surface area contributed by atoms with Gasteiger partial charge in [-0.3, -0.25) is 14.5 Å². The van der Waals surface area contributed by atoms with Crippen molar-refractivity contribution < 1.29 is 14.3 Å². The lowest BCUT2D eigenvalue weighted by molar-refractivity contribution is -0.153. The summed E-state index contributed by atoms with van der Waals surface area (Å²) in [5.74, 6) is -1.06. The van der Waals surface area contributed by atoms with Crippen LogP contribution in [0.1, 0.15) is 50.3 Å². The van der Waals surface area contributed by atoms with Crippen LogP contribution in [0.2, 0.25) is 0 Å². The van der Waals surface area contributed by atoms with Crippen LogP contribution in [-0.2, 0) is 14.3 Å². The van der Waals surface area contributed by atoms with Gasteiger partial charge in [-0.05, 0) is 38.0 Å². The molecule has 6 nitrogen and oxygen atoms in total. The lowest BCUT2D eigenvalue weighted by atomic mass is 9.89. The Hall–Kier alpha value is -3.15. The second-order valence-corrected chi connectivity index (χ2v) is 8.05. The molecule has 31 heavy (non-hydrogen) atoms. The summed E-state index contributed by atoms with van der Waals surface area (Å²) < 4.78 is 7.44. The number of rotatable bonds is 7. The Kier molecular flexibility index (Phi) is 6.07. The summed E-state index contributed by atoms with van der Waals surface area (Å²) >= 11 is 0. The quantitative estimate of drug-likeness (QED) is 0.318. The maximum Gasteiger partial charge on any atom is 0.321 e. The summed E-state index contributed by atoms with van der Waals surface area (Å²) in [6, 6.07) is 15.3. The van der Waals surface area contributed by atoms with Crippen LogP contribution in [0, 0.1) is 12.8 Å². The summed E-state index contributed by atoms with van der Waals surface area (Å²) in [7, 11) is 0. The first-order valence-electron chi connectivity index (χ1n) is 11.1. The molecule has 0 saturated heterocycles. The number of imidazole rings is 1. The third kappa shape index (κ3) is 3.82. The zero-order chi connectivity index (χ0) is 22.0. The van der Waals surface area contributed by atoms with Crippen LogP contribution in [0.3, 0.4) is 0 Å². The number of fused-ring (bicyclic) bond motifs is 3. The van der Waals surface area contributed by atoms with Gasteiger partial charge in [-0.2, -0.15) is 0 Å². The molecule has 2 atom stereocenters. The van der Waals surface area contributed by atoms with Crippen molar-refractivity contribution in [2.45, 2.75) is 46.1 Å². The number of carbonyl (C=O) groups excluding carboxylic acids is 2. The van der Waals surface area contributed by atoms with Gasteiger partial charge in [-0.1, -0.05) is 61.7 Å². The first-order valence-corrected chi connectivity index (χ1v) is 11.1. The summed E-state index contributed by atoms with van der Waals surface area (Å²) in [4.78, 5) is 33.3. The number of carbonyl (C=O) groups is 2. The van der Waals surface area contributed by atoms with Gasteiger partial charge in [0.15, 0.2) is 5.92 Å². The van der Waals surface area contributed by atoms with Crippen LogP contribution in [0.15, 0.2) is 48.5 Å². The minimum Gasteiger partial charge on any atom is -0.465 e. The smallest absolute Gasteiger partial charge is 0.321 e. The first kappa shape index (κ1) is 21.1. The normalized spacial score (nSPS) is 18.3. The highest BCUT2D eigenvalue weighted by atomic mass is 16.5. The molecule has 2 heterocycles. The fourth-order valence-corrected chi connectivity index (χ4v) is 4.34. The monoisotopic (exact) mass is 419 g/mol. The molecule has 6 heteroatoms. The first-order chi connectivity index (χ1) is 15.1. The maximum atomic E-state index is 13.7. The highest BCUT2D eigenvalue weighted by molar-refractivity contribution is 6.08. The number of benzene rings is 2. The van der Waals surface area contributed by atoms with E-state index in [2.05, 4.69) is 11.5 Å². The number of ether oxygens (including phenoxy) is 1. The minimum absolute atomic E-state index is 0.233. The van der Waals surface area contributed by atoms with Crippen LogP contribution in [0.5, 0.6) is 0 Å². The van der Waals surface area contributed by atoms with E-state index in [0.29, 0.717) is 12.5 Å². The molecule has 0 radical (unpaired) electrons. The third-order valence-corrected chi connectivity index (χ3v) is 5.89. The highest BCUT2D eigenvalue weighted by Crippen LogP contribution is 2.41. The Morgan fingerprint density at radius 3 is 2.52 bits per heavy atom. The van der Waals surface area contributed by atoms with Gasteiger partial charge < -0.3 is 9.30 Å². The van der Waals surface area contributed by atoms with E-state index in [9.17, 15) is 9.59 Å². The molecule has 0 bridgehead atoms. The van der Waals surface area contributed by atoms with E-state index in [-0.39, 0.29) is 12.5 Å². The van der Waals surface area contributed by atoms with E-state index in [4.69, 9.17) is 9.72 Å². The number of unbranched alkanes of at least 4 members (excludes halogenated alkanes) is 2. The summed E-state index contributed by atoms with van der Waals surface area (Å²) in [6.07, 6.45) is 2.91. The second kappa shape index (κ2) is 8.92. The van der Waals surface area contributed by atoms with Crippen LogP contribution in [0.4, 0.5) is 5.95 Å². The van der Waals surface area contributed by atoms with Crippen molar-refractivity contribution in [3.05, 3.63) is 59.7 Å². The van der Waals surface area contributed by atoms with Gasteiger partial charge in [0.2, 0.25) is 11.9 Å². The number of hydrogen-bond donors (Lipinski definition) is 0. The molecule has 1 aromatic heterocycles. The number of aryl methyl sites for hydroxylation is 1. The Morgan fingerprint density at radius 1 is 1.06 bits per heavy atom. The largest absolute Gasteiger partial charge is 0.465 e. The fraction of sp³-hybridized carbons (Fsp3) is 0.400. The molecular formula is C25H29N3O3. The second-order valence-electron chi connectivity index (χ2n) is 8.05. The van der Waals surface area contributed by atoms with E-state index >= 15 is 0 Å². The molecule has 0 fully saturated rings. The number of nitrogens with zero attached hydrogens (tertiary/aromatic N) is 3. The van der Waals surface area contributed by atoms with Crippen molar-refractivity contribution in [1.82, 2.24) is 9.55 Å². The Morgan fingerprint density at radius 2 is 1.81 bits per heavy atom.